The van der Waals surface area contributed by atoms with Gasteiger partial charge in [-0.25, -0.2) is 0 Å². The van der Waals surface area contributed by atoms with E-state index in [9.17, 15) is 0 Å². The van der Waals surface area contributed by atoms with E-state index in [2.05, 4.69) is 318 Å². The lowest BCUT2D eigenvalue weighted by Gasteiger charge is -2.36. The van der Waals surface area contributed by atoms with Gasteiger partial charge in [0.15, 0.2) is 0 Å². The van der Waals surface area contributed by atoms with Gasteiger partial charge in [-0.05, 0) is 164 Å². The third kappa shape index (κ3) is 9.25. The van der Waals surface area contributed by atoms with Gasteiger partial charge in [-0.3, -0.25) is 0 Å². The standard InChI is InChI=1S/C77H71N3/c1-9-25-61(35-24-28-54-26-14-10-15-27-54)79(62-46-40-57(41-47-62)75(2,3)4)65-50-51-66-68(52-65)77(59-31-18-12-19-32-59,60-33-20-13-21-34-60)69-53-71(74-73(72(66)69)67-36-22-23-37-70(67)78(74)8)80(64-48-42-58(43-49-64)76(5,6)7)63-44-38-56(39-45-63)55-29-16-11-17-30-55/h9,11-14,16-27,29-53H,1,10,15,28H2,2-8H3/b35-24-,61-25+. The van der Waals surface area contributed by atoms with Crippen LogP contribution < -0.4 is 9.80 Å². The first-order chi connectivity index (χ1) is 38.8. The Morgan fingerprint density at radius 1 is 0.575 bits per heavy atom. The highest BCUT2D eigenvalue weighted by atomic mass is 15.2. The lowest BCUT2D eigenvalue weighted by atomic mass is 9.67. The summed E-state index contributed by atoms with van der Waals surface area (Å²) in [5.41, 5.74) is 21.7. The van der Waals surface area contributed by atoms with Crippen molar-refractivity contribution in [2.24, 2.45) is 7.05 Å². The first-order valence-electron chi connectivity index (χ1n) is 28.5. The van der Waals surface area contributed by atoms with E-state index in [1.165, 1.54) is 83.0 Å². The Hall–Kier alpha value is -8.92. The van der Waals surface area contributed by atoms with Crippen LogP contribution in [-0.4, -0.2) is 4.57 Å². The van der Waals surface area contributed by atoms with E-state index >= 15 is 0 Å². The molecule has 0 aliphatic heterocycles. The molecule has 0 radical (unpaired) electrons. The van der Waals surface area contributed by atoms with Crippen molar-refractivity contribution in [2.75, 3.05) is 9.80 Å². The molecule has 0 saturated carbocycles. The molecule has 0 bridgehead atoms. The van der Waals surface area contributed by atoms with Gasteiger partial charge in [0.2, 0.25) is 0 Å². The highest BCUT2D eigenvalue weighted by Crippen LogP contribution is 2.62. The molecule has 0 unspecified atom stereocenters. The number of hydrogen-bond acceptors (Lipinski definition) is 2. The van der Waals surface area contributed by atoms with Gasteiger partial charge in [-0.1, -0.05) is 230 Å². The second kappa shape index (κ2) is 21.0. The topological polar surface area (TPSA) is 11.4 Å². The van der Waals surface area contributed by atoms with Crippen LogP contribution in [0.4, 0.5) is 28.4 Å². The molecule has 0 fully saturated rings. The minimum atomic E-state index is -0.762. The second-order valence-corrected chi connectivity index (χ2v) is 23.7. The molecule has 0 amide bonds. The Morgan fingerprint density at radius 2 is 1.12 bits per heavy atom. The number of para-hydroxylation sites is 1. The molecule has 12 rings (SSSR count). The van der Waals surface area contributed by atoms with Crippen LogP contribution in [0.5, 0.6) is 0 Å². The number of hydrogen-bond donors (Lipinski definition) is 0. The predicted molar refractivity (Wildman–Crippen MR) is 342 cm³/mol. The van der Waals surface area contributed by atoms with Gasteiger partial charge in [0.05, 0.1) is 16.6 Å². The lowest BCUT2D eigenvalue weighted by Crippen LogP contribution is -2.29. The van der Waals surface area contributed by atoms with Crippen molar-refractivity contribution in [2.45, 2.75) is 77.0 Å². The van der Waals surface area contributed by atoms with E-state index in [4.69, 9.17) is 0 Å². The van der Waals surface area contributed by atoms with Gasteiger partial charge in [0, 0.05) is 51.8 Å². The minimum Gasteiger partial charge on any atom is -0.342 e. The zero-order valence-electron chi connectivity index (χ0n) is 47.4. The fourth-order valence-electron chi connectivity index (χ4n) is 12.6. The molecule has 3 heteroatoms. The number of allylic oxidation sites excluding steroid dienone is 8. The molecule has 3 nitrogen and oxygen atoms in total. The van der Waals surface area contributed by atoms with Crippen molar-refractivity contribution in [3.63, 3.8) is 0 Å². The van der Waals surface area contributed by atoms with Gasteiger partial charge in [0.25, 0.3) is 0 Å². The van der Waals surface area contributed by atoms with Crippen LogP contribution in [0.3, 0.4) is 0 Å². The summed E-state index contributed by atoms with van der Waals surface area (Å²) in [6.07, 6.45) is 18.7. The summed E-state index contributed by atoms with van der Waals surface area (Å²) in [5, 5.41) is 2.47. The number of benzene rings is 9. The largest absolute Gasteiger partial charge is 0.342 e. The smallest absolute Gasteiger partial charge is 0.0740 e. The summed E-state index contributed by atoms with van der Waals surface area (Å²) >= 11 is 0. The molecule has 1 aromatic heterocycles. The molecule has 2 aliphatic rings. The summed E-state index contributed by atoms with van der Waals surface area (Å²) < 4.78 is 2.44. The Kier molecular flexibility index (Phi) is 13.6. The Balaban J connectivity index is 1.17. The quantitative estimate of drug-likeness (QED) is 0.107. The third-order valence-electron chi connectivity index (χ3n) is 16.6. The monoisotopic (exact) mass is 1040 g/mol. The van der Waals surface area contributed by atoms with Gasteiger partial charge in [-0.2, -0.15) is 0 Å². The molecule has 0 atom stereocenters. The molecule has 80 heavy (non-hydrogen) atoms. The average molecular weight is 1040 g/mol. The van der Waals surface area contributed by atoms with Crippen LogP contribution in [0, 0.1) is 0 Å². The average Bonchev–Trinajstić information content (AvgIpc) is 2.77. The third-order valence-corrected chi connectivity index (χ3v) is 16.6. The fraction of sp³-hybridized carbons (Fsp3) is 0.169. The molecular formula is C77H71N3. The fourth-order valence-corrected chi connectivity index (χ4v) is 12.6. The van der Waals surface area contributed by atoms with Gasteiger partial charge in [0.1, 0.15) is 0 Å². The number of anilines is 5. The number of rotatable bonds is 13. The highest BCUT2D eigenvalue weighted by Gasteiger charge is 2.48. The van der Waals surface area contributed by atoms with Crippen molar-refractivity contribution in [3.8, 4) is 22.3 Å². The van der Waals surface area contributed by atoms with E-state index in [0.29, 0.717) is 0 Å². The predicted octanol–water partition coefficient (Wildman–Crippen LogP) is 20.9. The normalized spacial score (nSPS) is 14.1. The van der Waals surface area contributed by atoms with Crippen LogP contribution in [0.25, 0.3) is 44.1 Å². The molecule has 2 aliphatic carbocycles. The van der Waals surface area contributed by atoms with E-state index in [-0.39, 0.29) is 10.8 Å². The number of nitrogens with zero attached hydrogens (tertiary/aromatic N) is 3. The van der Waals surface area contributed by atoms with E-state index in [1.807, 2.05) is 6.08 Å². The van der Waals surface area contributed by atoms with Crippen molar-refractivity contribution >= 4 is 50.2 Å². The summed E-state index contributed by atoms with van der Waals surface area (Å²) in [6.45, 7) is 18.0. The lowest BCUT2D eigenvalue weighted by molar-refractivity contribution is 0.590. The SMILES string of the molecule is C=C/C=C(\C=C/CC1=CCCC=C1)N(c1ccc(C(C)(C)C)cc1)c1ccc2c(c1)C(c1ccccc1)(c1ccccc1)c1cc(N(c3ccc(-c4ccccc4)cc3)c3ccc(C(C)(C)C)cc3)c3c(c1-2)c1ccccc1n3C. The van der Waals surface area contributed by atoms with Crippen molar-refractivity contribution in [1.82, 2.24) is 4.57 Å². The van der Waals surface area contributed by atoms with Crippen molar-refractivity contribution in [1.29, 1.82) is 0 Å². The minimum absolute atomic E-state index is 0.00251. The molecule has 1 heterocycles. The van der Waals surface area contributed by atoms with Gasteiger partial charge >= 0.3 is 0 Å². The number of aromatic nitrogens is 1. The highest BCUT2D eigenvalue weighted by molar-refractivity contribution is 6.22. The Labute approximate surface area is 474 Å². The van der Waals surface area contributed by atoms with Crippen LogP contribution in [0.15, 0.2) is 273 Å². The van der Waals surface area contributed by atoms with E-state index in [0.717, 1.165) is 53.4 Å². The van der Waals surface area contributed by atoms with Crippen LogP contribution in [0.1, 0.15) is 94.2 Å². The van der Waals surface area contributed by atoms with Crippen LogP contribution in [-0.2, 0) is 23.3 Å². The zero-order valence-corrected chi connectivity index (χ0v) is 47.4. The second-order valence-electron chi connectivity index (χ2n) is 23.7. The van der Waals surface area contributed by atoms with Crippen LogP contribution in [0.2, 0.25) is 0 Å². The maximum atomic E-state index is 4.29. The van der Waals surface area contributed by atoms with Crippen molar-refractivity contribution < 1.29 is 0 Å². The molecule has 10 aromatic rings. The number of aryl methyl sites for hydroxylation is 1. The molecule has 394 valence electrons. The first-order valence-corrected chi connectivity index (χ1v) is 28.5. The molecule has 0 spiro atoms. The van der Waals surface area contributed by atoms with Gasteiger partial charge in [-0.15, -0.1) is 0 Å². The van der Waals surface area contributed by atoms with Crippen LogP contribution >= 0.6 is 0 Å². The summed E-state index contributed by atoms with van der Waals surface area (Å²) in [4.78, 5) is 4.94. The van der Waals surface area contributed by atoms with E-state index < -0.39 is 5.41 Å². The Bertz CT molecular complexity index is 3980. The van der Waals surface area contributed by atoms with E-state index in [1.54, 1.807) is 0 Å². The zero-order chi connectivity index (χ0) is 55.2. The molecule has 9 aromatic carbocycles. The van der Waals surface area contributed by atoms with Gasteiger partial charge < -0.3 is 14.4 Å². The van der Waals surface area contributed by atoms with Crippen molar-refractivity contribution in [3.05, 3.63) is 306 Å². The molecule has 0 N–H and O–H groups in total. The Morgan fingerprint density at radius 3 is 1.71 bits per heavy atom. The molecule has 0 saturated heterocycles. The number of fused-ring (bicyclic) bond motifs is 7. The summed E-state index contributed by atoms with van der Waals surface area (Å²) in [7, 11) is 2.26. The first kappa shape index (κ1) is 51.8. The molecular weight excluding hydrogens is 967 g/mol. The maximum Gasteiger partial charge on any atom is 0.0740 e. The summed E-state index contributed by atoms with van der Waals surface area (Å²) in [6, 6.07) is 79.7. The maximum absolute atomic E-state index is 4.29. The summed E-state index contributed by atoms with van der Waals surface area (Å²) in [5.74, 6) is 0.